The van der Waals surface area contributed by atoms with Crippen molar-refractivity contribution in [3.63, 3.8) is 0 Å². The van der Waals surface area contributed by atoms with Crippen LogP contribution in [0.1, 0.15) is 0 Å². The van der Waals surface area contributed by atoms with Gasteiger partial charge in [0.1, 0.15) is 5.52 Å². The maximum Gasteiger partial charge on any atom is 0.228 e. The number of anilines is 2. The van der Waals surface area contributed by atoms with Crippen LogP contribution in [0.5, 0.6) is 0 Å². The molecule has 0 spiro atoms. The van der Waals surface area contributed by atoms with Crippen LogP contribution in [-0.4, -0.2) is 74.1 Å². The molecule has 2 aliphatic heterocycles. The van der Waals surface area contributed by atoms with Gasteiger partial charge >= 0.3 is 0 Å². The smallest absolute Gasteiger partial charge is 0.228 e. The van der Waals surface area contributed by atoms with Crippen LogP contribution >= 0.6 is 24.8 Å². The van der Waals surface area contributed by atoms with Crippen LogP contribution in [0.2, 0.25) is 0 Å². The highest BCUT2D eigenvalue weighted by atomic mass is 35.5. The highest BCUT2D eigenvalue weighted by Crippen LogP contribution is 2.26. The van der Waals surface area contributed by atoms with Crippen LogP contribution < -0.4 is 15.1 Å². The number of aromatic nitrogens is 3. The van der Waals surface area contributed by atoms with Crippen molar-refractivity contribution in [3.8, 4) is 0 Å². The molecule has 26 heavy (non-hydrogen) atoms. The van der Waals surface area contributed by atoms with Gasteiger partial charge in [0.2, 0.25) is 5.95 Å². The first-order valence-corrected chi connectivity index (χ1v) is 9.98. The van der Waals surface area contributed by atoms with Gasteiger partial charge in [-0.1, -0.05) is 0 Å². The van der Waals surface area contributed by atoms with Crippen LogP contribution in [0.25, 0.3) is 11.0 Å². The largest absolute Gasteiger partial charge is 0.353 e. The topological polar surface area (TPSA) is 91.3 Å². The van der Waals surface area contributed by atoms with Crippen LogP contribution in [0.15, 0.2) is 18.3 Å². The Morgan fingerprint density at radius 2 is 1.65 bits per heavy atom. The highest BCUT2D eigenvalue weighted by Gasteiger charge is 2.26. The lowest BCUT2D eigenvalue weighted by molar-refractivity contribution is 0.579. The summed E-state index contributed by atoms with van der Waals surface area (Å²) in [6.45, 7) is 4.44. The van der Waals surface area contributed by atoms with Gasteiger partial charge in [-0.05, 0) is 12.1 Å². The second-order valence-corrected chi connectivity index (χ2v) is 8.40. The Morgan fingerprint density at radius 1 is 0.962 bits per heavy atom. The molecule has 4 rings (SSSR count). The second-order valence-electron chi connectivity index (χ2n) is 6.09. The Bertz CT molecular complexity index is 846. The van der Waals surface area contributed by atoms with Crippen molar-refractivity contribution in [1.82, 2.24) is 20.3 Å². The fourth-order valence-corrected chi connectivity index (χ4v) is 4.29. The number of hydrogen-bond acceptors (Lipinski definition) is 8. The van der Waals surface area contributed by atoms with Crippen molar-refractivity contribution in [2.45, 2.75) is 0 Å². The number of fused-ring (bicyclic) bond motifs is 1. The average Bonchev–Trinajstić information content (AvgIpc) is 2.62. The molecule has 11 heteroatoms. The predicted octanol–water partition coefficient (Wildman–Crippen LogP) is 0.513. The quantitative estimate of drug-likeness (QED) is 0.751. The van der Waals surface area contributed by atoms with E-state index in [0.717, 1.165) is 43.0 Å². The SMILES string of the molecule is Cl.Cl.O=S1(=O)CCN(c2nc(N3CCNCC3)nc3cccnc23)CC1. The van der Waals surface area contributed by atoms with E-state index in [1.807, 2.05) is 17.0 Å². The number of nitrogens with zero attached hydrogens (tertiary/aromatic N) is 5. The number of pyridine rings is 1. The molecule has 0 aliphatic carbocycles. The number of hydrogen-bond donors (Lipinski definition) is 1. The third kappa shape index (κ3) is 4.28. The summed E-state index contributed by atoms with van der Waals surface area (Å²) in [5.41, 5.74) is 1.53. The minimum atomic E-state index is -2.93. The van der Waals surface area contributed by atoms with E-state index in [0.29, 0.717) is 19.0 Å². The molecule has 0 atom stereocenters. The fraction of sp³-hybridized carbons (Fsp3) is 0.533. The minimum Gasteiger partial charge on any atom is -0.353 e. The molecule has 0 unspecified atom stereocenters. The number of halogens is 2. The van der Waals surface area contributed by atoms with Crippen LogP contribution in [-0.2, 0) is 9.84 Å². The van der Waals surface area contributed by atoms with Crippen molar-refractivity contribution in [2.24, 2.45) is 0 Å². The Kier molecular flexibility index (Phi) is 6.84. The summed E-state index contributed by atoms with van der Waals surface area (Å²) in [7, 11) is -2.93. The van der Waals surface area contributed by atoms with Crippen molar-refractivity contribution in [1.29, 1.82) is 0 Å². The molecule has 144 valence electrons. The van der Waals surface area contributed by atoms with Crippen molar-refractivity contribution in [2.75, 3.05) is 60.6 Å². The van der Waals surface area contributed by atoms with Gasteiger partial charge in [-0.2, -0.15) is 4.98 Å². The summed E-state index contributed by atoms with van der Waals surface area (Å²) >= 11 is 0. The molecule has 0 saturated carbocycles. The molecule has 0 amide bonds. The molecule has 2 aromatic rings. The van der Waals surface area contributed by atoms with Gasteiger partial charge in [-0.25, -0.2) is 13.4 Å². The zero-order valence-electron chi connectivity index (χ0n) is 14.2. The standard InChI is InChI=1S/C15H20N6O2S.2ClH/c22-24(23)10-8-20(9-11-24)14-13-12(2-1-3-17-13)18-15(19-14)21-6-4-16-5-7-21;;/h1-3,16H,4-11H2;2*1H. The molecule has 2 aliphatic rings. The highest BCUT2D eigenvalue weighted by molar-refractivity contribution is 7.91. The first-order valence-electron chi connectivity index (χ1n) is 8.16. The third-order valence-electron chi connectivity index (χ3n) is 4.47. The molecular formula is C15H22Cl2N6O2S. The Labute approximate surface area is 165 Å². The molecule has 0 radical (unpaired) electrons. The third-order valence-corrected chi connectivity index (χ3v) is 6.08. The van der Waals surface area contributed by atoms with E-state index in [-0.39, 0.29) is 36.3 Å². The molecule has 2 aromatic heterocycles. The lowest BCUT2D eigenvalue weighted by atomic mass is 10.3. The lowest BCUT2D eigenvalue weighted by Crippen LogP contribution is -2.45. The van der Waals surface area contributed by atoms with Gasteiger partial charge in [0.15, 0.2) is 15.7 Å². The Hall–Kier alpha value is -1.42. The molecule has 0 bridgehead atoms. The summed E-state index contributed by atoms with van der Waals surface area (Å²) in [5, 5.41) is 3.32. The average molecular weight is 421 g/mol. The van der Waals surface area contributed by atoms with Crippen molar-refractivity contribution in [3.05, 3.63) is 18.3 Å². The number of sulfone groups is 1. The van der Waals surface area contributed by atoms with Crippen LogP contribution in [0.3, 0.4) is 0 Å². The number of piperazine rings is 1. The predicted molar refractivity (Wildman–Crippen MR) is 108 cm³/mol. The molecular weight excluding hydrogens is 399 g/mol. The Morgan fingerprint density at radius 3 is 2.35 bits per heavy atom. The van der Waals surface area contributed by atoms with E-state index < -0.39 is 9.84 Å². The first kappa shape index (κ1) is 20.9. The van der Waals surface area contributed by atoms with Gasteiger partial charge in [-0.15, -0.1) is 24.8 Å². The van der Waals surface area contributed by atoms with Gasteiger partial charge in [0.05, 0.1) is 17.0 Å². The molecule has 4 heterocycles. The number of nitrogens with one attached hydrogen (secondary N) is 1. The lowest BCUT2D eigenvalue weighted by Gasteiger charge is -2.31. The van der Waals surface area contributed by atoms with Gasteiger partial charge in [0.25, 0.3) is 0 Å². The van der Waals surface area contributed by atoms with Crippen LogP contribution in [0.4, 0.5) is 11.8 Å². The Balaban J connectivity index is 0.00000121. The summed E-state index contributed by atoms with van der Waals surface area (Å²) < 4.78 is 23.4. The van der Waals surface area contributed by atoms with Crippen molar-refractivity contribution < 1.29 is 8.42 Å². The monoisotopic (exact) mass is 420 g/mol. The maximum atomic E-state index is 11.7. The maximum absolute atomic E-state index is 11.7. The van der Waals surface area contributed by atoms with Gasteiger partial charge in [0, 0.05) is 45.5 Å². The summed E-state index contributed by atoms with van der Waals surface area (Å²) in [5.74, 6) is 1.76. The van der Waals surface area contributed by atoms with Gasteiger partial charge in [-0.3, -0.25) is 4.98 Å². The zero-order chi connectivity index (χ0) is 16.6. The summed E-state index contributed by atoms with van der Waals surface area (Å²) in [6.07, 6.45) is 1.72. The first-order chi connectivity index (χ1) is 11.6. The zero-order valence-corrected chi connectivity index (χ0v) is 16.6. The van der Waals surface area contributed by atoms with E-state index in [9.17, 15) is 8.42 Å². The van der Waals surface area contributed by atoms with E-state index in [1.54, 1.807) is 6.20 Å². The normalized spacial score (nSPS) is 19.5. The summed E-state index contributed by atoms with van der Waals surface area (Å²) in [6, 6.07) is 3.79. The molecule has 0 aromatic carbocycles. The molecule has 2 fully saturated rings. The van der Waals surface area contributed by atoms with Gasteiger partial charge < -0.3 is 15.1 Å². The molecule has 8 nitrogen and oxygen atoms in total. The van der Waals surface area contributed by atoms with E-state index >= 15 is 0 Å². The fourth-order valence-electron chi connectivity index (χ4n) is 3.09. The van der Waals surface area contributed by atoms with E-state index in [1.165, 1.54) is 0 Å². The van der Waals surface area contributed by atoms with Crippen molar-refractivity contribution >= 4 is 57.5 Å². The van der Waals surface area contributed by atoms with Crippen LogP contribution in [0, 0.1) is 0 Å². The number of rotatable bonds is 2. The summed E-state index contributed by atoms with van der Waals surface area (Å²) in [4.78, 5) is 18.0. The molecule has 2 saturated heterocycles. The van der Waals surface area contributed by atoms with E-state index in [2.05, 4.69) is 20.2 Å². The minimum absolute atomic E-state index is 0. The second kappa shape index (κ2) is 8.51. The van der Waals surface area contributed by atoms with E-state index in [4.69, 9.17) is 4.98 Å². The molecule has 1 N–H and O–H groups in total.